The van der Waals surface area contributed by atoms with Gasteiger partial charge < -0.3 is 14.2 Å². The van der Waals surface area contributed by atoms with Crippen molar-refractivity contribution in [2.45, 2.75) is 29.6 Å². The molecule has 3 rings (SSSR count). The average Bonchev–Trinajstić information content (AvgIpc) is 2.82. The number of nitrogens with one attached hydrogen (secondary N) is 1. The molecule has 1 saturated heterocycles. The van der Waals surface area contributed by atoms with Crippen LogP contribution in [0, 0.1) is 0 Å². The fraction of sp³-hybridized carbons (Fsp3) is 0.455. The van der Waals surface area contributed by atoms with Gasteiger partial charge in [-0.25, -0.2) is 21.6 Å². The molecule has 1 heterocycles. The maximum absolute atomic E-state index is 12.7. The monoisotopic (exact) mass is 498 g/mol. The van der Waals surface area contributed by atoms with Gasteiger partial charge in [0.05, 0.1) is 30.1 Å². The van der Waals surface area contributed by atoms with Gasteiger partial charge in [-0.15, -0.1) is 0 Å². The average molecular weight is 499 g/mol. The molecule has 1 aliphatic heterocycles. The van der Waals surface area contributed by atoms with Gasteiger partial charge in [0.2, 0.25) is 20.0 Å². The van der Waals surface area contributed by atoms with E-state index in [9.17, 15) is 16.8 Å². The summed E-state index contributed by atoms with van der Waals surface area (Å²) in [5, 5.41) is 0. The van der Waals surface area contributed by atoms with Crippen LogP contribution in [0.1, 0.15) is 25.3 Å². The zero-order valence-corrected chi connectivity index (χ0v) is 20.6. The fourth-order valence-electron chi connectivity index (χ4n) is 3.40. The summed E-state index contributed by atoms with van der Waals surface area (Å²) in [6.07, 6.45) is 0. The van der Waals surface area contributed by atoms with Gasteiger partial charge in [-0.3, -0.25) is 0 Å². The number of hydrogen-bond donors (Lipinski definition) is 1. The summed E-state index contributed by atoms with van der Waals surface area (Å²) in [5.74, 6) is 1.20. The quantitative estimate of drug-likeness (QED) is 0.500. The molecule has 1 aliphatic rings. The predicted molar refractivity (Wildman–Crippen MR) is 124 cm³/mol. The Morgan fingerprint density at radius 1 is 1.00 bits per heavy atom. The third-order valence-corrected chi connectivity index (χ3v) is 8.60. The molecule has 182 valence electrons. The van der Waals surface area contributed by atoms with Crippen LogP contribution >= 0.6 is 0 Å². The Kier molecular flexibility index (Phi) is 8.35. The van der Waals surface area contributed by atoms with Gasteiger partial charge in [-0.2, -0.15) is 4.31 Å². The summed E-state index contributed by atoms with van der Waals surface area (Å²) >= 11 is 0. The minimum absolute atomic E-state index is 0.0548. The van der Waals surface area contributed by atoms with E-state index in [-0.39, 0.29) is 28.9 Å². The van der Waals surface area contributed by atoms with Crippen LogP contribution in [0.25, 0.3) is 0 Å². The van der Waals surface area contributed by atoms with Crippen LogP contribution < -0.4 is 14.2 Å². The van der Waals surface area contributed by atoms with E-state index in [1.54, 1.807) is 31.4 Å². The molecule has 11 heteroatoms. The van der Waals surface area contributed by atoms with Crippen LogP contribution in [0.15, 0.2) is 52.3 Å². The van der Waals surface area contributed by atoms with E-state index in [2.05, 4.69) is 4.72 Å². The van der Waals surface area contributed by atoms with Gasteiger partial charge in [0.1, 0.15) is 18.1 Å². The Morgan fingerprint density at radius 2 is 1.64 bits per heavy atom. The first-order valence-corrected chi connectivity index (χ1v) is 13.6. The van der Waals surface area contributed by atoms with E-state index >= 15 is 0 Å². The molecule has 2 aromatic rings. The first-order valence-electron chi connectivity index (χ1n) is 10.6. The topological polar surface area (TPSA) is 111 Å². The smallest absolute Gasteiger partial charge is 0.243 e. The van der Waals surface area contributed by atoms with Crippen molar-refractivity contribution in [3.05, 3.63) is 48.0 Å². The van der Waals surface area contributed by atoms with Crippen LogP contribution in [0.5, 0.6) is 11.5 Å². The minimum atomic E-state index is -3.71. The number of benzene rings is 2. The molecule has 33 heavy (non-hydrogen) atoms. The van der Waals surface area contributed by atoms with E-state index in [0.29, 0.717) is 37.8 Å². The van der Waals surface area contributed by atoms with E-state index in [1.807, 2.05) is 13.8 Å². The van der Waals surface area contributed by atoms with Crippen LogP contribution in [0.3, 0.4) is 0 Å². The lowest BCUT2D eigenvalue weighted by Crippen LogP contribution is -2.40. The predicted octanol–water partition coefficient (Wildman–Crippen LogP) is 2.20. The van der Waals surface area contributed by atoms with Crippen molar-refractivity contribution in [2.75, 3.05) is 46.6 Å². The van der Waals surface area contributed by atoms with Crippen LogP contribution in [0.2, 0.25) is 0 Å². The molecule has 0 atom stereocenters. The van der Waals surface area contributed by atoms with E-state index in [4.69, 9.17) is 14.2 Å². The summed E-state index contributed by atoms with van der Waals surface area (Å²) in [6.45, 7) is 5.49. The molecule has 0 unspecified atom stereocenters. The maximum Gasteiger partial charge on any atom is 0.243 e. The van der Waals surface area contributed by atoms with Crippen molar-refractivity contribution >= 4 is 20.0 Å². The number of methoxy groups -OCH3 is 1. The molecule has 0 amide bonds. The second-order valence-corrected chi connectivity index (χ2v) is 11.5. The largest absolute Gasteiger partial charge is 0.496 e. The van der Waals surface area contributed by atoms with Crippen LogP contribution in [-0.4, -0.2) is 67.7 Å². The van der Waals surface area contributed by atoms with Gasteiger partial charge in [0.25, 0.3) is 0 Å². The highest BCUT2D eigenvalue weighted by molar-refractivity contribution is 7.89. The molecule has 2 aromatic carbocycles. The van der Waals surface area contributed by atoms with Crippen molar-refractivity contribution in [1.82, 2.24) is 9.03 Å². The van der Waals surface area contributed by atoms with Crippen molar-refractivity contribution in [3.63, 3.8) is 0 Å². The highest BCUT2D eigenvalue weighted by Gasteiger charge is 2.26. The number of rotatable bonds is 10. The summed E-state index contributed by atoms with van der Waals surface area (Å²) in [5.41, 5.74) is 0.809. The van der Waals surface area contributed by atoms with Crippen molar-refractivity contribution < 1.29 is 31.0 Å². The molecule has 0 spiro atoms. The van der Waals surface area contributed by atoms with Crippen LogP contribution in [0.4, 0.5) is 0 Å². The number of sulfonamides is 2. The maximum atomic E-state index is 12.7. The molecule has 0 bridgehead atoms. The summed E-state index contributed by atoms with van der Waals surface area (Å²) < 4.78 is 70.6. The van der Waals surface area contributed by atoms with Gasteiger partial charge in [0.15, 0.2) is 0 Å². The highest BCUT2D eigenvalue weighted by Crippen LogP contribution is 2.28. The van der Waals surface area contributed by atoms with Crippen LogP contribution in [-0.2, 0) is 24.8 Å². The van der Waals surface area contributed by atoms with E-state index in [1.165, 1.54) is 22.5 Å². The third kappa shape index (κ3) is 6.24. The van der Waals surface area contributed by atoms with E-state index in [0.717, 1.165) is 5.56 Å². The summed E-state index contributed by atoms with van der Waals surface area (Å²) in [4.78, 5) is 0.336. The normalized spacial score (nSPS) is 15.5. The Hall–Kier alpha value is -2.18. The molecule has 0 aliphatic carbocycles. The minimum Gasteiger partial charge on any atom is -0.496 e. The number of ether oxygens (including phenoxy) is 3. The van der Waals surface area contributed by atoms with Gasteiger partial charge >= 0.3 is 0 Å². The molecule has 0 aromatic heterocycles. The van der Waals surface area contributed by atoms with Crippen molar-refractivity contribution in [3.8, 4) is 11.5 Å². The lowest BCUT2D eigenvalue weighted by molar-refractivity contribution is 0.0730. The molecule has 1 fully saturated rings. The zero-order valence-electron chi connectivity index (χ0n) is 19.0. The molecule has 9 nitrogen and oxygen atoms in total. The van der Waals surface area contributed by atoms with Crippen molar-refractivity contribution in [1.29, 1.82) is 0 Å². The third-order valence-electron chi connectivity index (χ3n) is 5.23. The van der Waals surface area contributed by atoms with Gasteiger partial charge in [-0.05, 0) is 53.9 Å². The number of morpholine rings is 1. The molecule has 0 radical (unpaired) electrons. The number of nitrogens with zero attached hydrogens (tertiary/aromatic N) is 1. The Bertz CT molecular complexity index is 1140. The SMILES string of the molecule is COc1ccc(S(=O)(=O)NCCOc2ccc(S(=O)(=O)N3CCOCC3)cc2)cc1C(C)C. The standard InChI is InChI=1S/C22H30N2O7S2/c1-17(2)21-16-20(8-9-22(21)29-3)32(25,26)23-10-13-31-18-4-6-19(7-5-18)33(27,28)24-11-14-30-15-12-24/h4-9,16-17,23H,10-15H2,1-3H3. The van der Waals surface area contributed by atoms with Gasteiger partial charge in [-0.1, -0.05) is 13.8 Å². The van der Waals surface area contributed by atoms with Gasteiger partial charge in [0, 0.05) is 19.6 Å². The van der Waals surface area contributed by atoms with Crippen molar-refractivity contribution in [2.24, 2.45) is 0 Å². The second kappa shape index (κ2) is 10.8. The second-order valence-electron chi connectivity index (χ2n) is 7.79. The Labute approximate surface area is 195 Å². The fourth-order valence-corrected chi connectivity index (χ4v) is 5.86. The zero-order chi connectivity index (χ0) is 24.1. The highest BCUT2D eigenvalue weighted by atomic mass is 32.2. The lowest BCUT2D eigenvalue weighted by atomic mass is 10.0. The number of hydrogen-bond acceptors (Lipinski definition) is 7. The first kappa shape index (κ1) is 25.4. The lowest BCUT2D eigenvalue weighted by Gasteiger charge is -2.26. The Morgan fingerprint density at radius 3 is 2.24 bits per heavy atom. The Balaban J connectivity index is 1.56. The summed E-state index contributed by atoms with van der Waals surface area (Å²) in [6, 6.07) is 10.8. The summed E-state index contributed by atoms with van der Waals surface area (Å²) in [7, 11) is -5.74. The molecular formula is C22H30N2O7S2. The molecule has 1 N–H and O–H groups in total. The first-order chi connectivity index (χ1) is 15.6. The van der Waals surface area contributed by atoms with E-state index < -0.39 is 20.0 Å². The molecule has 0 saturated carbocycles. The molecular weight excluding hydrogens is 468 g/mol.